The normalized spacial score (nSPS) is 17.8. The minimum Gasteiger partial charge on any atom is -0.322 e. The van der Waals surface area contributed by atoms with Gasteiger partial charge in [0.05, 0.1) is 11.3 Å². The Balaban J connectivity index is 0.00000342. The minimum absolute atomic E-state index is 0. The van der Waals surface area contributed by atoms with Gasteiger partial charge in [0.2, 0.25) is 0 Å². The largest absolute Gasteiger partial charge is 0.322 e. The summed E-state index contributed by atoms with van der Waals surface area (Å²) in [6.07, 6.45) is 11.0. The second-order valence-corrected chi connectivity index (χ2v) is 9.63. The molecule has 2 aliphatic carbocycles. The van der Waals surface area contributed by atoms with Crippen LogP contribution in [0.4, 0.5) is 10.2 Å². The number of aryl methyl sites for hydroxylation is 1. The predicted octanol–water partition coefficient (Wildman–Crippen LogP) is 6.66. The van der Waals surface area contributed by atoms with E-state index >= 15 is 0 Å². The predicted molar refractivity (Wildman–Crippen MR) is 137 cm³/mol. The fraction of sp³-hybridized carbons (Fsp3) is 0.357. The number of nitrogens with zero attached hydrogens (tertiary/aromatic N) is 3. The average Bonchev–Trinajstić information content (AvgIpc) is 3.20. The van der Waals surface area contributed by atoms with Crippen LogP contribution in [-0.2, 0) is 6.42 Å². The summed E-state index contributed by atoms with van der Waals surface area (Å²) in [5.41, 5.74) is 6.84. The molecule has 0 spiro atoms. The lowest BCUT2D eigenvalue weighted by molar-refractivity contribution is 0.0966. The van der Waals surface area contributed by atoms with Gasteiger partial charge >= 0.3 is 0 Å². The van der Waals surface area contributed by atoms with E-state index in [4.69, 9.17) is 4.99 Å². The molecular weight excluding hydrogens is 427 g/mol. The van der Waals surface area contributed by atoms with Crippen LogP contribution < -0.4 is 5.32 Å². The Morgan fingerprint density at radius 1 is 1.26 bits per heavy atom. The first-order chi connectivity index (χ1) is 16.2. The molecule has 0 saturated carbocycles. The lowest BCUT2D eigenvalue weighted by atomic mass is 9.99. The van der Waals surface area contributed by atoms with E-state index in [1.807, 2.05) is 39.1 Å². The van der Waals surface area contributed by atoms with E-state index in [1.54, 1.807) is 6.20 Å². The van der Waals surface area contributed by atoms with Gasteiger partial charge in [0.15, 0.2) is 5.82 Å². The number of pyridine rings is 2. The third kappa shape index (κ3) is 5.22. The number of carbonyl (C=O) groups is 1. The molecule has 4 rings (SSSR count). The Labute approximate surface area is 202 Å². The van der Waals surface area contributed by atoms with Crippen molar-refractivity contribution in [2.24, 2.45) is 16.8 Å². The Hall–Kier alpha value is -3.41. The summed E-state index contributed by atoms with van der Waals surface area (Å²) in [7, 11) is 0. The number of nitrogens with one attached hydrogen (secondary N) is 1. The molecule has 1 unspecified atom stereocenters. The molecule has 0 saturated heterocycles. The molecule has 0 aliphatic heterocycles. The molecular formula is C28H33FN4O. The number of hydrogen-bond donors (Lipinski definition) is 1. The van der Waals surface area contributed by atoms with E-state index in [2.05, 4.69) is 41.3 Å². The van der Waals surface area contributed by atoms with Gasteiger partial charge in [0, 0.05) is 48.7 Å². The monoisotopic (exact) mass is 460 g/mol. The maximum Gasteiger partial charge on any atom is 0.257 e. The van der Waals surface area contributed by atoms with Gasteiger partial charge in [0.25, 0.3) is 5.91 Å². The fourth-order valence-electron chi connectivity index (χ4n) is 4.30. The molecule has 5 nitrogen and oxygen atoms in total. The van der Waals surface area contributed by atoms with Crippen molar-refractivity contribution >= 4 is 23.0 Å². The zero-order chi connectivity index (χ0) is 24.4. The molecule has 0 fully saturated rings. The highest BCUT2D eigenvalue weighted by Crippen LogP contribution is 2.33. The van der Waals surface area contributed by atoms with Gasteiger partial charge in [-0.1, -0.05) is 32.9 Å². The lowest BCUT2D eigenvalue weighted by Crippen LogP contribution is -2.24. The van der Waals surface area contributed by atoms with E-state index in [9.17, 15) is 9.18 Å². The summed E-state index contributed by atoms with van der Waals surface area (Å²) in [5, 5.41) is 2.80. The summed E-state index contributed by atoms with van der Waals surface area (Å²) >= 11 is 0. The second-order valence-electron chi connectivity index (χ2n) is 9.63. The average molecular weight is 461 g/mol. The summed E-state index contributed by atoms with van der Waals surface area (Å²) < 4.78 is 13.9. The van der Waals surface area contributed by atoms with Crippen molar-refractivity contribution in [1.82, 2.24) is 15.3 Å². The van der Waals surface area contributed by atoms with Crippen LogP contribution in [0, 0.1) is 18.8 Å². The van der Waals surface area contributed by atoms with Gasteiger partial charge in [0.1, 0.15) is 5.83 Å². The molecule has 0 radical (unpaired) electrons. The Morgan fingerprint density at radius 3 is 2.76 bits per heavy atom. The highest BCUT2D eigenvalue weighted by atomic mass is 19.1. The number of aromatic nitrogens is 2. The van der Waals surface area contributed by atoms with Crippen molar-refractivity contribution in [2.75, 3.05) is 0 Å². The van der Waals surface area contributed by atoms with Crippen LogP contribution in [0.5, 0.6) is 0 Å². The molecule has 178 valence electrons. The topological polar surface area (TPSA) is 67.2 Å². The number of allylic oxidation sites excluding steroid dienone is 4. The summed E-state index contributed by atoms with van der Waals surface area (Å²) in [5.74, 6) is 0.622. The molecule has 2 aromatic heterocycles. The smallest absolute Gasteiger partial charge is 0.257 e. The van der Waals surface area contributed by atoms with Crippen molar-refractivity contribution in [2.45, 2.75) is 53.9 Å². The first-order valence-corrected chi connectivity index (χ1v) is 11.8. The molecule has 0 bridgehead atoms. The summed E-state index contributed by atoms with van der Waals surface area (Å²) in [4.78, 5) is 26.7. The van der Waals surface area contributed by atoms with E-state index in [1.165, 1.54) is 6.08 Å². The SMILES string of the molecule is CC(CC(C)C)=Nc1ncc(C2=CCc3ncc(C(=O)NC4=CCC(C)C(F)=C4)cc32)cc1C.[HH]. The van der Waals surface area contributed by atoms with Crippen LogP contribution in [0.1, 0.15) is 74.7 Å². The molecule has 2 heterocycles. The first kappa shape index (κ1) is 23.7. The van der Waals surface area contributed by atoms with Crippen LogP contribution >= 0.6 is 0 Å². The van der Waals surface area contributed by atoms with E-state index in [0.717, 1.165) is 45.9 Å². The van der Waals surface area contributed by atoms with Gasteiger partial charge in [-0.05, 0) is 62.0 Å². The van der Waals surface area contributed by atoms with Crippen molar-refractivity contribution in [1.29, 1.82) is 0 Å². The molecule has 6 heteroatoms. The number of rotatable bonds is 6. The minimum atomic E-state index is -0.300. The molecule has 1 amide bonds. The molecule has 34 heavy (non-hydrogen) atoms. The first-order valence-electron chi connectivity index (χ1n) is 11.8. The Morgan fingerprint density at radius 2 is 2.06 bits per heavy atom. The third-order valence-corrected chi connectivity index (χ3v) is 6.10. The maximum atomic E-state index is 13.9. The molecule has 0 aromatic carbocycles. The Bertz CT molecular complexity index is 1260. The van der Waals surface area contributed by atoms with Crippen molar-refractivity contribution in [3.63, 3.8) is 0 Å². The fourth-order valence-corrected chi connectivity index (χ4v) is 4.30. The van der Waals surface area contributed by atoms with E-state index in [0.29, 0.717) is 30.0 Å². The Kier molecular flexibility index (Phi) is 6.87. The van der Waals surface area contributed by atoms with Crippen molar-refractivity contribution < 1.29 is 10.6 Å². The number of amides is 1. The van der Waals surface area contributed by atoms with Gasteiger partial charge in [-0.3, -0.25) is 9.78 Å². The molecule has 1 atom stereocenters. The number of carbonyl (C=O) groups excluding carboxylic acids is 1. The lowest BCUT2D eigenvalue weighted by Gasteiger charge is -2.15. The third-order valence-electron chi connectivity index (χ3n) is 6.10. The van der Waals surface area contributed by atoms with Crippen molar-refractivity contribution in [3.05, 3.63) is 82.2 Å². The van der Waals surface area contributed by atoms with Crippen LogP contribution in [-0.4, -0.2) is 21.6 Å². The van der Waals surface area contributed by atoms with Gasteiger partial charge < -0.3 is 5.32 Å². The van der Waals surface area contributed by atoms with Crippen LogP contribution in [0.3, 0.4) is 0 Å². The second kappa shape index (κ2) is 9.84. The van der Waals surface area contributed by atoms with Crippen LogP contribution in [0.2, 0.25) is 0 Å². The van der Waals surface area contributed by atoms with Gasteiger partial charge in [-0.25, -0.2) is 14.4 Å². The van der Waals surface area contributed by atoms with Gasteiger partial charge in [-0.15, -0.1) is 0 Å². The summed E-state index contributed by atoms with van der Waals surface area (Å²) in [6.45, 7) is 10.2. The number of hydrogen-bond acceptors (Lipinski definition) is 4. The quantitative estimate of drug-likeness (QED) is 0.490. The zero-order valence-electron chi connectivity index (χ0n) is 20.4. The number of aliphatic imine (C=N–C) groups is 1. The van der Waals surface area contributed by atoms with Crippen LogP contribution in [0.15, 0.2) is 59.3 Å². The highest BCUT2D eigenvalue weighted by Gasteiger charge is 2.21. The van der Waals surface area contributed by atoms with Gasteiger partial charge in [-0.2, -0.15) is 0 Å². The van der Waals surface area contributed by atoms with E-state index < -0.39 is 0 Å². The maximum absolute atomic E-state index is 13.9. The van der Waals surface area contributed by atoms with E-state index in [-0.39, 0.29) is 19.1 Å². The standard InChI is InChI=1S/C28H31FN4O.H2/c1-16(2)10-19(5)32-27-18(4)11-20(14-31-27)23-8-9-26-24(23)12-21(15-30-26)28(34)33-22-7-6-17(3)25(29)13-22;/h7-8,11-17H,6,9-10H2,1-5H3,(H,33,34);1H. The molecule has 2 aromatic rings. The highest BCUT2D eigenvalue weighted by molar-refractivity contribution is 5.97. The van der Waals surface area contributed by atoms with Crippen molar-refractivity contribution in [3.8, 4) is 0 Å². The van der Waals surface area contributed by atoms with Crippen LogP contribution in [0.25, 0.3) is 5.57 Å². The molecule has 1 N–H and O–H groups in total. The molecule has 2 aliphatic rings. The summed E-state index contributed by atoms with van der Waals surface area (Å²) in [6, 6.07) is 3.94. The number of halogens is 1. The number of fused-ring (bicyclic) bond motifs is 1. The zero-order valence-corrected chi connectivity index (χ0v) is 20.4.